The van der Waals surface area contributed by atoms with Crippen molar-refractivity contribution in [1.82, 2.24) is 0 Å². The van der Waals surface area contributed by atoms with E-state index in [1.807, 2.05) is 26.1 Å². The molecule has 1 aliphatic carbocycles. The zero-order chi connectivity index (χ0) is 13.3. The van der Waals surface area contributed by atoms with Gasteiger partial charge in [-0.2, -0.15) is 5.26 Å². The van der Waals surface area contributed by atoms with Gasteiger partial charge in [-0.3, -0.25) is 0 Å². The van der Waals surface area contributed by atoms with Crippen LogP contribution in [0.2, 0.25) is 5.02 Å². The second-order valence-corrected chi connectivity index (χ2v) is 5.43. The van der Waals surface area contributed by atoms with Crippen molar-refractivity contribution in [3.63, 3.8) is 0 Å². The topological polar surface area (TPSA) is 36.3 Å². The van der Waals surface area contributed by atoms with Gasteiger partial charge in [-0.05, 0) is 37.5 Å². The average molecular weight is 265 g/mol. The van der Waals surface area contributed by atoms with Crippen LogP contribution in [-0.2, 0) is 0 Å². The molecule has 1 aliphatic rings. The van der Waals surface area contributed by atoms with Gasteiger partial charge in [0.15, 0.2) is 0 Å². The molecule has 3 nitrogen and oxygen atoms in total. The zero-order valence-electron chi connectivity index (χ0n) is 11.0. The molecule has 0 aromatic heterocycles. The van der Waals surface area contributed by atoms with Crippen LogP contribution in [0, 0.1) is 23.7 Å². The second kappa shape index (κ2) is 4.70. The molecule has 1 aromatic rings. The molecule has 1 saturated carbocycles. The van der Waals surface area contributed by atoms with Crippen LogP contribution < -0.4 is 9.64 Å². The van der Waals surface area contributed by atoms with Crippen LogP contribution in [0.25, 0.3) is 0 Å². The van der Waals surface area contributed by atoms with E-state index in [1.54, 1.807) is 7.11 Å². The van der Waals surface area contributed by atoms with Gasteiger partial charge in [0.2, 0.25) is 0 Å². The molecule has 0 radical (unpaired) electrons. The molecule has 0 amide bonds. The van der Waals surface area contributed by atoms with Gasteiger partial charge in [0.1, 0.15) is 5.75 Å². The number of halogens is 1. The maximum absolute atomic E-state index is 9.14. The minimum Gasteiger partial charge on any atom is -0.495 e. The maximum atomic E-state index is 9.14. The van der Waals surface area contributed by atoms with E-state index in [2.05, 4.69) is 11.0 Å². The number of nitriles is 1. The molecule has 96 valence electrons. The Bertz CT molecular complexity index is 503. The third kappa shape index (κ3) is 2.39. The Kier molecular flexibility index (Phi) is 3.41. The summed E-state index contributed by atoms with van der Waals surface area (Å²) in [6.07, 6.45) is 1.99. The lowest BCUT2D eigenvalue weighted by Crippen LogP contribution is -2.26. The quantitative estimate of drug-likeness (QED) is 0.836. The number of hydrogen-bond acceptors (Lipinski definition) is 3. The van der Waals surface area contributed by atoms with Crippen LogP contribution >= 0.6 is 11.6 Å². The Labute approximate surface area is 113 Å². The maximum Gasteiger partial charge on any atom is 0.137 e. The normalized spacial score (nSPS) is 15.9. The van der Waals surface area contributed by atoms with E-state index in [0.717, 1.165) is 30.6 Å². The average Bonchev–Trinajstić information content (AvgIpc) is 3.11. The highest BCUT2D eigenvalue weighted by atomic mass is 35.5. The first-order valence-corrected chi connectivity index (χ1v) is 6.36. The molecular weight excluding hydrogens is 248 g/mol. The number of anilines is 1. The van der Waals surface area contributed by atoms with E-state index in [-0.39, 0.29) is 5.41 Å². The lowest BCUT2D eigenvalue weighted by atomic mass is 10.1. The Morgan fingerprint density at radius 3 is 2.67 bits per heavy atom. The first kappa shape index (κ1) is 13.0. The van der Waals surface area contributed by atoms with Gasteiger partial charge in [-0.15, -0.1) is 0 Å². The predicted octanol–water partition coefficient (Wildman–Crippen LogP) is 3.40. The fourth-order valence-corrected chi connectivity index (χ4v) is 2.44. The second-order valence-electron chi connectivity index (χ2n) is 5.02. The van der Waals surface area contributed by atoms with E-state index in [1.165, 1.54) is 0 Å². The molecule has 0 saturated heterocycles. The summed E-state index contributed by atoms with van der Waals surface area (Å²) in [4.78, 5) is 2.11. The van der Waals surface area contributed by atoms with Crippen molar-refractivity contribution in [1.29, 1.82) is 5.26 Å². The van der Waals surface area contributed by atoms with Crippen molar-refractivity contribution in [2.45, 2.75) is 19.8 Å². The van der Waals surface area contributed by atoms with Gasteiger partial charge in [0.25, 0.3) is 0 Å². The van der Waals surface area contributed by atoms with Crippen molar-refractivity contribution in [2.24, 2.45) is 5.41 Å². The minimum absolute atomic E-state index is 0.145. The Balaban J connectivity index is 2.23. The Morgan fingerprint density at radius 1 is 1.50 bits per heavy atom. The summed E-state index contributed by atoms with van der Waals surface area (Å²) in [6.45, 7) is 2.78. The van der Waals surface area contributed by atoms with Crippen molar-refractivity contribution in [3.05, 3.63) is 22.7 Å². The highest BCUT2D eigenvalue weighted by Gasteiger charge is 2.44. The number of rotatable bonds is 4. The highest BCUT2D eigenvalue weighted by molar-refractivity contribution is 6.32. The van der Waals surface area contributed by atoms with Gasteiger partial charge < -0.3 is 9.64 Å². The van der Waals surface area contributed by atoms with E-state index >= 15 is 0 Å². The number of ether oxygens (including phenoxy) is 1. The van der Waals surface area contributed by atoms with Crippen molar-refractivity contribution < 1.29 is 4.74 Å². The molecular formula is C14H17ClN2O. The molecule has 2 rings (SSSR count). The predicted molar refractivity (Wildman–Crippen MR) is 73.3 cm³/mol. The van der Waals surface area contributed by atoms with Crippen LogP contribution in [0.3, 0.4) is 0 Å². The standard InChI is InChI=1S/C14H17ClN2O/c1-10-6-13(18-3)11(15)7-12(10)17(2)9-14(8-16)4-5-14/h6-7H,4-5,9H2,1-3H3. The third-order valence-electron chi connectivity index (χ3n) is 3.51. The fourth-order valence-electron chi connectivity index (χ4n) is 2.21. The molecule has 0 bridgehead atoms. The molecule has 0 N–H and O–H groups in total. The summed E-state index contributed by atoms with van der Waals surface area (Å²) in [5.41, 5.74) is 2.02. The number of nitrogens with zero attached hydrogens (tertiary/aromatic N) is 2. The molecule has 4 heteroatoms. The van der Waals surface area contributed by atoms with Crippen LogP contribution in [0.15, 0.2) is 12.1 Å². The van der Waals surface area contributed by atoms with E-state index in [9.17, 15) is 0 Å². The van der Waals surface area contributed by atoms with Crippen LogP contribution in [0.1, 0.15) is 18.4 Å². The number of hydrogen-bond donors (Lipinski definition) is 0. The van der Waals surface area contributed by atoms with Crippen LogP contribution in [-0.4, -0.2) is 20.7 Å². The van der Waals surface area contributed by atoms with Gasteiger partial charge in [-0.1, -0.05) is 11.6 Å². The molecule has 18 heavy (non-hydrogen) atoms. The highest BCUT2D eigenvalue weighted by Crippen LogP contribution is 2.46. The van der Waals surface area contributed by atoms with Crippen molar-refractivity contribution in [2.75, 3.05) is 25.6 Å². The van der Waals surface area contributed by atoms with Gasteiger partial charge in [0, 0.05) is 19.3 Å². The fraction of sp³-hybridized carbons (Fsp3) is 0.500. The summed E-state index contributed by atoms with van der Waals surface area (Å²) >= 11 is 6.15. The van der Waals surface area contributed by atoms with E-state index in [4.69, 9.17) is 21.6 Å². The smallest absolute Gasteiger partial charge is 0.137 e. The summed E-state index contributed by atoms with van der Waals surface area (Å²) in [5, 5.41) is 9.74. The van der Waals surface area contributed by atoms with E-state index in [0.29, 0.717) is 10.8 Å². The SMILES string of the molecule is COc1cc(C)c(N(C)CC2(C#N)CC2)cc1Cl. The van der Waals surface area contributed by atoms with E-state index < -0.39 is 0 Å². The molecule has 0 aliphatic heterocycles. The Morgan fingerprint density at radius 2 is 2.17 bits per heavy atom. The third-order valence-corrected chi connectivity index (χ3v) is 3.81. The summed E-state index contributed by atoms with van der Waals surface area (Å²) in [6, 6.07) is 6.25. The largest absolute Gasteiger partial charge is 0.495 e. The molecule has 0 heterocycles. The molecule has 1 aromatic carbocycles. The number of aryl methyl sites for hydroxylation is 1. The monoisotopic (exact) mass is 264 g/mol. The molecule has 0 spiro atoms. The summed E-state index contributed by atoms with van der Waals surface area (Å²) in [7, 11) is 3.61. The lowest BCUT2D eigenvalue weighted by molar-refractivity contribution is 0.414. The van der Waals surface area contributed by atoms with Crippen LogP contribution in [0.5, 0.6) is 5.75 Å². The molecule has 0 atom stereocenters. The summed E-state index contributed by atoms with van der Waals surface area (Å²) in [5.74, 6) is 0.688. The Hall–Kier alpha value is -1.40. The van der Waals surface area contributed by atoms with Gasteiger partial charge in [-0.25, -0.2) is 0 Å². The van der Waals surface area contributed by atoms with Gasteiger partial charge >= 0.3 is 0 Å². The molecule has 0 unspecified atom stereocenters. The zero-order valence-corrected chi connectivity index (χ0v) is 11.7. The first-order valence-electron chi connectivity index (χ1n) is 5.98. The van der Waals surface area contributed by atoms with Gasteiger partial charge in [0.05, 0.1) is 23.6 Å². The van der Waals surface area contributed by atoms with Crippen molar-refractivity contribution in [3.8, 4) is 11.8 Å². The summed E-state index contributed by atoms with van der Waals surface area (Å²) < 4.78 is 5.19. The minimum atomic E-state index is -0.145. The first-order chi connectivity index (χ1) is 8.51. The molecule has 1 fully saturated rings. The number of methoxy groups -OCH3 is 1. The lowest BCUT2D eigenvalue weighted by Gasteiger charge is -2.24. The van der Waals surface area contributed by atoms with Crippen molar-refractivity contribution >= 4 is 17.3 Å². The van der Waals surface area contributed by atoms with Crippen LogP contribution in [0.4, 0.5) is 5.69 Å². The number of benzene rings is 1.